The molecule has 0 aliphatic carbocycles. The molecule has 5 rings (SSSR count). The van der Waals surface area contributed by atoms with Crippen LogP contribution in [0.1, 0.15) is 84.6 Å². The summed E-state index contributed by atoms with van der Waals surface area (Å²) in [5.74, 6) is 1.94. The summed E-state index contributed by atoms with van der Waals surface area (Å²) in [6.07, 6.45) is 7.63. The molecular formula is C25H34N8O. The Morgan fingerprint density at radius 3 is 2.68 bits per heavy atom. The number of aromatic nitrogens is 5. The predicted octanol–water partition coefficient (Wildman–Crippen LogP) is 3.16. The van der Waals surface area contributed by atoms with Gasteiger partial charge in [-0.2, -0.15) is 5.10 Å². The van der Waals surface area contributed by atoms with E-state index in [1.54, 1.807) is 6.20 Å². The average Bonchev–Trinajstić information content (AvgIpc) is 3.43. The molecule has 1 amide bonds. The number of likely N-dealkylation sites (tertiary alicyclic amines) is 1. The van der Waals surface area contributed by atoms with E-state index >= 15 is 0 Å². The number of nitrogens with zero attached hydrogens (tertiary/aromatic N) is 7. The molecule has 2 aliphatic rings. The van der Waals surface area contributed by atoms with Gasteiger partial charge in [-0.25, -0.2) is 19.5 Å². The van der Waals surface area contributed by atoms with Crippen LogP contribution in [0.5, 0.6) is 0 Å². The van der Waals surface area contributed by atoms with Crippen LogP contribution in [0, 0.1) is 13.8 Å². The predicted molar refractivity (Wildman–Crippen MR) is 131 cm³/mol. The lowest BCUT2D eigenvalue weighted by atomic mass is 9.98. The van der Waals surface area contributed by atoms with Gasteiger partial charge in [0, 0.05) is 55.6 Å². The fourth-order valence-corrected chi connectivity index (χ4v) is 5.09. The van der Waals surface area contributed by atoms with Crippen molar-refractivity contribution in [1.82, 2.24) is 29.5 Å². The maximum atomic E-state index is 13.6. The smallest absolute Gasteiger partial charge is 0.257 e. The quantitative estimate of drug-likeness (QED) is 0.635. The molecule has 0 bridgehead atoms. The van der Waals surface area contributed by atoms with Crippen LogP contribution in [-0.2, 0) is 0 Å². The van der Waals surface area contributed by atoms with Crippen molar-refractivity contribution in [3.63, 3.8) is 0 Å². The largest absolute Gasteiger partial charge is 0.355 e. The van der Waals surface area contributed by atoms with Gasteiger partial charge in [0.15, 0.2) is 5.65 Å². The molecule has 0 radical (unpaired) electrons. The highest BCUT2D eigenvalue weighted by atomic mass is 16.2. The van der Waals surface area contributed by atoms with Gasteiger partial charge in [-0.1, -0.05) is 13.8 Å². The third-order valence-electron chi connectivity index (χ3n) is 7.00. The molecule has 2 aliphatic heterocycles. The number of piperidine rings is 1. The van der Waals surface area contributed by atoms with Crippen LogP contribution < -0.4 is 10.6 Å². The molecule has 2 N–H and O–H groups in total. The number of anilines is 1. The molecule has 34 heavy (non-hydrogen) atoms. The monoisotopic (exact) mass is 462 g/mol. The zero-order chi connectivity index (χ0) is 24.0. The van der Waals surface area contributed by atoms with Crippen molar-refractivity contribution in [2.24, 2.45) is 5.73 Å². The summed E-state index contributed by atoms with van der Waals surface area (Å²) in [7, 11) is 0. The van der Waals surface area contributed by atoms with Crippen LogP contribution in [0.15, 0.2) is 18.5 Å². The van der Waals surface area contributed by atoms with Gasteiger partial charge in [0.05, 0.1) is 23.0 Å². The first-order valence-electron chi connectivity index (χ1n) is 12.3. The van der Waals surface area contributed by atoms with Crippen LogP contribution in [0.25, 0.3) is 5.65 Å². The molecule has 0 spiro atoms. The highest BCUT2D eigenvalue weighted by Crippen LogP contribution is 2.33. The summed E-state index contributed by atoms with van der Waals surface area (Å²) in [5, 5.41) is 4.85. The molecule has 0 unspecified atom stereocenters. The minimum Gasteiger partial charge on any atom is -0.355 e. The number of aryl methyl sites for hydroxylation is 2. The fraction of sp³-hybridized carbons (Fsp3) is 0.560. The second-order valence-corrected chi connectivity index (χ2v) is 10.0. The fourth-order valence-electron chi connectivity index (χ4n) is 5.09. The number of amides is 1. The SMILES string of the molecule is Cc1cn2nc([C@@H]3CCCCN3C(=O)c3cnc(C(C)C)nc3C)cc2nc1N1CC[C@H](N)C1. The van der Waals surface area contributed by atoms with E-state index in [1.807, 2.05) is 28.6 Å². The molecule has 2 saturated heterocycles. The van der Waals surface area contributed by atoms with E-state index in [4.69, 9.17) is 15.8 Å². The van der Waals surface area contributed by atoms with Gasteiger partial charge in [-0.05, 0) is 39.5 Å². The van der Waals surface area contributed by atoms with E-state index in [0.29, 0.717) is 12.1 Å². The Labute approximate surface area is 200 Å². The van der Waals surface area contributed by atoms with Crippen molar-refractivity contribution in [2.45, 2.75) is 71.4 Å². The molecule has 180 valence electrons. The van der Waals surface area contributed by atoms with Gasteiger partial charge in [-0.15, -0.1) is 0 Å². The molecule has 9 heteroatoms. The van der Waals surface area contributed by atoms with Crippen LogP contribution in [0.4, 0.5) is 5.82 Å². The van der Waals surface area contributed by atoms with Crippen LogP contribution in [-0.4, -0.2) is 61.0 Å². The minimum absolute atomic E-state index is 0.0227. The Morgan fingerprint density at radius 2 is 1.97 bits per heavy atom. The summed E-state index contributed by atoms with van der Waals surface area (Å²) >= 11 is 0. The van der Waals surface area contributed by atoms with E-state index in [2.05, 4.69) is 35.6 Å². The molecule has 5 heterocycles. The number of rotatable bonds is 4. The molecule has 3 aromatic rings. The topological polar surface area (TPSA) is 106 Å². The number of carbonyl (C=O) groups is 1. The summed E-state index contributed by atoms with van der Waals surface area (Å²) in [5.41, 5.74) is 10.2. The Hall–Kier alpha value is -3.07. The second kappa shape index (κ2) is 8.94. The van der Waals surface area contributed by atoms with Gasteiger partial charge in [0.25, 0.3) is 5.91 Å². The summed E-state index contributed by atoms with van der Waals surface area (Å²) < 4.78 is 1.84. The van der Waals surface area contributed by atoms with Crippen LogP contribution >= 0.6 is 0 Å². The van der Waals surface area contributed by atoms with Crippen molar-refractivity contribution >= 4 is 17.4 Å². The van der Waals surface area contributed by atoms with Gasteiger partial charge in [0.2, 0.25) is 0 Å². The number of carbonyl (C=O) groups excluding carboxylic acids is 1. The third-order valence-corrected chi connectivity index (χ3v) is 7.00. The summed E-state index contributed by atoms with van der Waals surface area (Å²) in [4.78, 5) is 31.7. The first-order chi connectivity index (χ1) is 16.3. The Bertz CT molecular complexity index is 1220. The lowest BCUT2D eigenvalue weighted by Crippen LogP contribution is -2.39. The van der Waals surface area contributed by atoms with E-state index in [1.165, 1.54) is 0 Å². The third kappa shape index (κ3) is 4.13. The minimum atomic E-state index is -0.0870. The molecular weight excluding hydrogens is 428 g/mol. The molecule has 0 saturated carbocycles. The zero-order valence-corrected chi connectivity index (χ0v) is 20.5. The molecule has 0 aromatic carbocycles. The number of hydrogen-bond acceptors (Lipinski definition) is 7. The van der Waals surface area contributed by atoms with Crippen molar-refractivity contribution in [1.29, 1.82) is 0 Å². The van der Waals surface area contributed by atoms with Crippen LogP contribution in [0.3, 0.4) is 0 Å². The maximum Gasteiger partial charge on any atom is 0.257 e. The average molecular weight is 463 g/mol. The highest BCUT2D eigenvalue weighted by Gasteiger charge is 2.32. The van der Waals surface area contributed by atoms with Crippen molar-refractivity contribution in [3.05, 3.63) is 46.8 Å². The number of fused-ring (bicyclic) bond motifs is 1. The first-order valence-corrected chi connectivity index (χ1v) is 12.3. The molecule has 3 aromatic heterocycles. The van der Waals surface area contributed by atoms with E-state index in [9.17, 15) is 4.79 Å². The Balaban J connectivity index is 1.45. The number of nitrogens with two attached hydrogens (primary N) is 1. The van der Waals surface area contributed by atoms with E-state index in [0.717, 1.165) is 73.0 Å². The maximum absolute atomic E-state index is 13.6. The lowest BCUT2D eigenvalue weighted by molar-refractivity contribution is 0.0604. The van der Waals surface area contributed by atoms with Gasteiger partial charge < -0.3 is 15.5 Å². The molecule has 9 nitrogen and oxygen atoms in total. The van der Waals surface area contributed by atoms with Crippen molar-refractivity contribution < 1.29 is 4.79 Å². The number of hydrogen-bond donors (Lipinski definition) is 1. The Morgan fingerprint density at radius 1 is 1.15 bits per heavy atom. The Kier molecular flexibility index (Phi) is 5.97. The summed E-state index contributed by atoms with van der Waals surface area (Å²) in [6.45, 7) is 10.5. The van der Waals surface area contributed by atoms with Gasteiger partial charge in [0.1, 0.15) is 11.6 Å². The zero-order valence-electron chi connectivity index (χ0n) is 20.5. The van der Waals surface area contributed by atoms with E-state index < -0.39 is 0 Å². The summed E-state index contributed by atoms with van der Waals surface area (Å²) in [6, 6.07) is 2.14. The van der Waals surface area contributed by atoms with Crippen molar-refractivity contribution in [3.8, 4) is 0 Å². The second-order valence-electron chi connectivity index (χ2n) is 10.0. The first kappa shape index (κ1) is 22.7. The highest BCUT2D eigenvalue weighted by molar-refractivity contribution is 5.95. The van der Waals surface area contributed by atoms with Crippen LogP contribution in [0.2, 0.25) is 0 Å². The van der Waals surface area contributed by atoms with Gasteiger partial charge in [-0.3, -0.25) is 4.79 Å². The molecule has 2 fully saturated rings. The normalized spacial score (nSPS) is 21.1. The molecule has 2 atom stereocenters. The van der Waals surface area contributed by atoms with Gasteiger partial charge >= 0.3 is 0 Å². The van der Waals surface area contributed by atoms with Crippen molar-refractivity contribution in [2.75, 3.05) is 24.5 Å². The standard InChI is InChI=1S/C25H34N8O/c1-15(2)23-27-12-19(17(4)28-23)25(34)32-9-6-5-7-21(32)20-11-22-29-24(16(3)13-33(22)30-20)31-10-8-18(26)14-31/h11-13,15,18,21H,5-10,14,26H2,1-4H3/t18-,21-/m0/s1. The lowest BCUT2D eigenvalue weighted by Gasteiger charge is -2.35. The van der Waals surface area contributed by atoms with E-state index in [-0.39, 0.29) is 23.9 Å².